The second-order valence-electron chi connectivity index (χ2n) is 6.46. The summed E-state index contributed by atoms with van der Waals surface area (Å²) in [6, 6.07) is 2.69. The quantitative estimate of drug-likeness (QED) is 0.496. The Morgan fingerprint density at radius 1 is 1.50 bits per heavy atom. The first kappa shape index (κ1) is 21.1. The van der Waals surface area contributed by atoms with Crippen molar-refractivity contribution in [3.63, 3.8) is 0 Å². The Morgan fingerprint density at radius 2 is 2.15 bits per heavy atom. The van der Waals surface area contributed by atoms with Crippen LogP contribution in [-0.4, -0.2) is 40.9 Å². The standard InChI is InChI=1S/C16H21FN4O5/c1-16(2,3)26-15(23)19-5-4-11(9-22)20-14-12(17)6-10(8-18)7-13(14)21(24)25/h6-7,11,20,22H,4-5,9H2,1-3H3,(H,19,23)/t11-/m0/s1. The van der Waals surface area contributed by atoms with Crippen LogP contribution >= 0.6 is 0 Å². The van der Waals surface area contributed by atoms with Gasteiger partial charge in [0.1, 0.15) is 11.3 Å². The van der Waals surface area contributed by atoms with E-state index in [1.807, 2.05) is 0 Å². The highest BCUT2D eigenvalue weighted by atomic mass is 19.1. The molecule has 0 heterocycles. The Kier molecular flexibility index (Phi) is 7.28. The molecule has 0 unspecified atom stereocenters. The van der Waals surface area contributed by atoms with Crippen LogP contribution < -0.4 is 10.6 Å². The fourth-order valence-electron chi connectivity index (χ4n) is 2.02. The van der Waals surface area contributed by atoms with E-state index in [2.05, 4.69) is 10.6 Å². The number of amides is 1. The van der Waals surface area contributed by atoms with Crippen molar-refractivity contribution in [1.82, 2.24) is 5.32 Å². The maximum Gasteiger partial charge on any atom is 0.407 e. The van der Waals surface area contributed by atoms with Gasteiger partial charge in [0.15, 0.2) is 5.82 Å². The molecule has 26 heavy (non-hydrogen) atoms. The molecule has 0 aliphatic heterocycles. The number of carbonyl (C=O) groups excluding carboxylic acids is 1. The molecule has 0 aromatic heterocycles. The van der Waals surface area contributed by atoms with Crippen molar-refractivity contribution in [2.75, 3.05) is 18.5 Å². The van der Waals surface area contributed by atoms with Gasteiger partial charge in [-0.05, 0) is 33.3 Å². The fraction of sp³-hybridized carbons (Fsp3) is 0.500. The third-order valence-electron chi connectivity index (χ3n) is 3.13. The van der Waals surface area contributed by atoms with Gasteiger partial charge in [0, 0.05) is 12.6 Å². The molecule has 0 fully saturated rings. The number of nitro groups is 1. The van der Waals surface area contributed by atoms with Gasteiger partial charge in [-0.3, -0.25) is 10.1 Å². The van der Waals surface area contributed by atoms with Gasteiger partial charge in [-0.2, -0.15) is 5.26 Å². The molecule has 1 rings (SSSR count). The van der Waals surface area contributed by atoms with Crippen LogP contribution in [0.3, 0.4) is 0 Å². The second-order valence-corrected chi connectivity index (χ2v) is 6.46. The molecular weight excluding hydrogens is 347 g/mol. The predicted molar refractivity (Wildman–Crippen MR) is 91.1 cm³/mol. The summed E-state index contributed by atoms with van der Waals surface area (Å²) in [4.78, 5) is 21.8. The number of hydrogen-bond donors (Lipinski definition) is 3. The van der Waals surface area contributed by atoms with E-state index in [0.29, 0.717) is 0 Å². The summed E-state index contributed by atoms with van der Waals surface area (Å²) in [7, 11) is 0. The molecule has 0 aliphatic carbocycles. The van der Waals surface area contributed by atoms with Crippen LogP contribution in [0.1, 0.15) is 32.8 Å². The summed E-state index contributed by atoms with van der Waals surface area (Å²) in [6.45, 7) is 4.76. The number of halogens is 1. The molecule has 9 nitrogen and oxygen atoms in total. The van der Waals surface area contributed by atoms with Crippen LogP contribution in [0.25, 0.3) is 0 Å². The minimum Gasteiger partial charge on any atom is -0.444 e. The molecule has 0 radical (unpaired) electrons. The Morgan fingerprint density at radius 3 is 2.65 bits per heavy atom. The number of aliphatic hydroxyl groups is 1. The molecule has 1 amide bonds. The van der Waals surface area contributed by atoms with Gasteiger partial charge in [0.05, 0.1) is 29.2 Å². The highest BCUT2D eigenvalue weighted by molar-refractivity contribution is 5.67. The van der Waals surface area contributed by atoms with Gasteiger partial charge < -0.3 is 20.5 Å². The maximum absolute atomic E-state index is 14.1. The summed E-state index contributed by atoms with van der Waals surface area (Å²) < 4.78 is 19.2. The number of nitrogens with zero attached hydrogens (tertiary/aromatic N) is 2. The predicted octanol–water partition coefficient (Wildman–Crippen LogP) is 2.29. The number of nitriles is 1. The lowest BCUT2D eigenvalue weighted by molar-refractivity contribution is -0.384. The normalized spacial score (nSPS) is 12.0. The number of anilines is 1. The van der Waals surface area contributed by atoms with Gasteiger partial charge in [0.2, 0.25) is 0 Å². The van der Waals surface area contributed by atoms with Crippen molar-refractivity contribution in [3.8, 4) is 6.07 Å². The molecular formula is C16H21FN4O5. The van der Waals surface area contributed by atoms with Crippen LogP contribution in [0.4, 0.5) is 20.6 Å². The Bertz CT molecular complexity index is 712. The van der Waals surface area contributed by atoms with Crippen LogP contribution in [0.15, 0.2) is 12.1 Å². The number of alkyl carbamates (subject to hydrolysis) is 1. The number of nitrogens with one attached hydrogen (secondary N) is 2. The SMILES string of the molecule is CC(C)(C)OC(=O)NCC[C@@H](CO)Nc1c(F)cc(C#N)cc1[N+](=O)[O-]. The third kappa shape index (κ3) is 6.52. The first-order valence-electron chi connectivity index (χ1n) is 7.79. The zero-order chi connectivity index (χ0) is 19.9. The first-order valence-corrected chi connectivity index (χ1v) is 7.79. The van der Waals surface area contributed by atoms with Gasteiger partial charge >= 0.3 is 6.09 Å². The third-order valence-corrected chi connectivity index (χ3v) is 3.13. The van der Waals surface area contributed by atoms with Crippen molar-refractivity contribution in [2.45, 2.75) is 38.8 Å². The Balaban J connectivity index is 2.78. The molecule has 3 N–H and O–H groups in total. The Labute approximate surface area is 149 Å². The molecule has 1 aromatic rings. The molecule has 1 aromatic carbocycles. The summed E-state index contributed by atoms with van der Waals surface area (Å²) >= 11 is 0. The van der Waals surface area contributed by atoms with Gasteiger partial charge in [-0.25, -0.2) is 9.18 Å². The minimum absolute atomic E-state index is 0.0961. The highest BCUT2D eigenvalue weighted by Crippen LogP contribution is 2.29. The van der Waals surface area contributed by atoms with Crippen molar-refractivity contribution in [2.24, 2.45) is 0 Å². The second kappa shape index (κ2) is 8.96. The van der Waals surface area contributed by atoms with E-state index in [1.165, 1.54) is 0 Å². The molecule has 0 aliphatic rings. The number of rotatable bonds is 7. The lowest BCUT2D eigenvalue weighted by atomic mass is 10.1. The highest BCUT2D eigenvalue weighted by Gasteiger charge is 2.23. The number of nitro benzene ring substituents is 1. The van der Waals surface area contributed by atoms with Crippen LogP contribution in [-0.2, 0) is 4.74 Å². The topological polar surface area (TPSA) is 138 Å². The molecule has 0 saturated carbocycles. The van der Waals surface area contributed by atoms with Crippen LogP contribution in [0.5, 0.6) is 0 Å². The van der Waals surface area contributed by atoms with Crippen molar-refractivity contribution >= 4 is 17.5 Å². The van der Waals surface area contributed by atoms with Crippen molar-refractivity contribution < 1.29 is 24.0 Å². The number of carbonyl (C=O) groups is 1. The average molecular weight is 368 g/mol. The zero-order valence-electron chi connectivity index (χ0n) is 14.7. The summed E-state index contributed by atoms with van der Waals surface area (Å²) in [6.07, 6.45) is -0.489. The number of benzene rings is 1. The lowest BCUT2D eigenvalue weighted by Crippen LogP contribution is -2.36. The van der Waals surface area contributed by atoms with E-state index >= 15 is 0 Å². The molecule has 0 saturated heterocycles. The largest absolute Gasteiger partial charge is 0.444 e. The van der Waals surface area contributed by atoms with Gasteiger partial charge in [-0.1, -0.05) is 0 Å². The van der Waals surface area contributed by atoms with E-state index in [0.717, 1.165) is 12.1 Å². The number of aliphatic hydroxyl groups excluding tert-OH is 1. The fourth-order valence-corrected chi connectivity index (χ4v) is 2.02. The molecule has 142 valence electrons. The van der Waals surface area contributed by atoms with E-state index < -0.39 is 46.5 Å². The monoisotopic (exact) mass is 368 g/mol. The van der Waals surface area contributed by atoms with Crippen LogP contribution in [0.2, 0.25) is 0 Å². The molecule has 0 spiro atoms. The van der Waals surface area contributed by atoms with Gasteiger partial charge in [-0.15, -0.1) is 0 Å². The maximum atomic E-state index is 14.1. The molecule has 10 heteroatoms. The van der Waals surface area contributed by atoms with E-state index in [9.17, 15) is 24.4 Å². The molecule has 0 bridgehead atoms. The summed E-state index contributed by atoms with van der Waals surface area (Å²) in [5.41, 5.74) is -1.89. The lowest BCUT2D eigenvalue weighted by Gasteiger charge is -2.21. The van der Waals surface area contributed by atoms with E-state index in [4.69, 9.17) is 10.00 Å². The van der Waals surface area contributed by atoms with Crippen molar-refractivity contribution in [3.05, 3.63) is 33.6 Å². The van der Waals surface area contributed by atoms with Crippen LogP contribution in [0, 0.1) is 27.3 Å². The van der Waals surface area contributed by atoms with Crippen molar-refractivity contribution in [1.29, 1.82) is 5.26 Å². The number of hydrogen-bond acceptors (Lipinski definition) is 7. The Hall–Kier alpha value is -2.93. The average Bonchev–Trinajstić information content (AvgIpc) is 2.52. The number of ether oxygens (including phenoxy) is 1. The van der Waals surface area contributed by atoms with E-state index in [-0.39, 0.29) is 18.5 Å². The molecule has 1 atom stereocenters. The summed E-state index contributed by atoms with van der Waals surface area (Å²) in [5, 5.41) is 34.3. The zero-order valence-corrected chi connectivity index (χ0v) is 14.7. The van der Waals surface area contributed by atoms with Gasteiger partial charge in [0.25, 0.3) is 5.69 Å². The minimum atomic E-state index is -0.977. The summed E-state index contributed by atoms with van der Waals surface area (Å²) in [5.74, 6) is -0.977. The van der Waals surface area contributed by atoms with E-state index in [1.54, 1.807) is 26.8 Å². The first-order chi connectivity index (χ1) is 12.1. The smallest absolute Gasteiger partial charge is 0.407 e.